The van der Waals surface area contributed by atoms with E-state index in [1.165, 1.54) is 7.11 Å². The van der Waals surface area contributed by atoms with E-state index in [-0.39, 0.29) is 5.75 Å². The Balaban J connectivity index is 1.96. The van der Waals surface area contributed by atoms with Crippen molar-refractivity contribution in [1.82, 2.24) is 20.3 Å². The van der Waals surface area contributed by atoms with Crippen molar-refractivity contribution >= 4 is 34.3 Å². The van der Waals surface area contributed by atoms with Crippen LogP contribution in [0.4, 0.5) is 5.82 Å². The van der Waals surface area contributed by atoms with Crippen molar-refractivity contribution in [3.8, 4) is 22.8 Å². The maximum atomic E-state index is 9.72. The van der Waals surface area contributed by atoms with Crippen molar-refractivity contribution in [2.45, 2.75) is 6.92 Å². The quantitative estimate of drug-likeness (QED) is 0.615. The monoisotopic (exact) mass is 355 g/mol. The molecule has 0 saturated carbocycles. The molecule has 7 nitrogen and oxygen atoms in total. The minimum Gasteiger partial charge on any atom is -0.504 e. The lowest BCUT2D eigenvalue weighted by molar-refractivity contribution is 0.373. The van der Waals surface area contributed by atoms with E-state index in [4.69, 9.17) is 17.0 Å². The van der Waals surface area contributed by atoms with Crippen LogP contribution in [0.5, 0.6) is 11.5 Å². The Labute approximate surface area is 150 Å². The third kappa shape index (κ3) is 3.74. The zero-order chi connectivity index (χ0) is 17.8. The molecule has 2 heterocycles. The van der Waals surface area contributed by atoms with Crippen LogP contribution in [0.25, 0.3) is 22.4 Å². The van der Waals surface area contributed by atoms with Gasteiger partial charge in [-0.2, -0.15) is 0 Å². The van der Waals surface area contributed by atoms with Gasteiger partial charge in [0, 0.05) is 12.1 Å². The van der Waals surface area contributed by atoms with Crippen LogP contribution in [-0.2, 0) is 0 Å². The molecule has 0 aliphatic rings. The summed E-state index contributed by atoms with van der Waals surface area (Å²) in [4.78, 5) is 13.3. The zero-order valence-electron chi connectivity index (χ0n) is 13.8. The van der Waals surface area contributed by atoms with Crippen molar-refractivity contribution in [2.75, 3.05) is 19.0 Å². The second-order valence-corrected chi connectivity index (χ2v) is 5.57. The van der Waals surface area contributed by atoms with E-state index in [0.717, 1.165) is 12.1 Å². The van der Waals surface area contributed by atoms with Gasteiger partial charge in [-0.25, -0.2) is 15.0 Å². The zero-order valence-corrected chi connectivity index (χ0v) is 14.6. The van der Waals surface area contributed by atoms with Gasteiger partial charge >= 0.3 is 0 Å². The maximum Gasteiger partial charge on any atom is 0.180 e. The van der Waals surface area contributed by atoms with Gasteiger partial charge in [0.1, 0.15) is 5.52 Å². The van der Waals surface area contributed by atoms with E-state index < -0.39 is 0 Å². The van der Waals surface area contributed by atoms with Crippen molar-refractivity contribution in [3.05, 3.63) is 36.5 Å². The third-order valence-corrected chi connectivity index (χ3v) is 3.71. The SMILES string of the molecule is CCNC(=S)Nc1cnc2ccc(-c3ccc(O)c(OC)c3)nc2n1. The molecule has 8 heteroatoms. The average Bonchev–Trinajstić information content (AvgIpc) is 2.61. The molecule has 3 aromatic rings. The highest BCUT2D eigenvalue weighted by atomic mass is 32.1. The molecule has 0 atom stereocenters. The standard InChI is InChI=1S/C17H17N5O2S/c1-3-18-17(25)22-15-9-19-12-6-5-11(20-16(12)21-15)10-4-7-13(23)14(8-10)24-2/h4-9,23H,3H2,1-2H3,(H2,18,20,21,22,25). The Kier molecular flexibility index (Phi) is 4.90. The lowest BCUT2D eigenvalue weighted by Gasteiger charge is -2.09. The molecule has 3 rings (SSSR count). The molecule has 0 amide bonds. The number of benzene rings is 1. The summed E-state index contributed by atoms with van der Waals surface area (Å²) < 4.78 is 5.14. The van der Waals surface area contributed by atoms with Gasteiger partial charge in [-0.3, -0.25) is 0 Å². The number of aromatic hydroxyl groups is 1. The number of thiocarbonyl (C=S) groups is 1. The first kappa shape index (κ1) is 16.8. The number of anilines is 1. The molecule has 0 spiro atoms. The van der Waals surface area contributed by atoms with Crippen LogP contribution in [0.1, 0.15) is 6.92 Å². The second kappa shape index (κ2) is 7.27. The second-order valence-electron chi connectivity index (χ2n) is 5.17. The van der Waals surface area contributed by atoms with Crippen LogP contribution in [0, 0.1) is 0 Å². The minimum absolute atomic E-state index is 0.0789. The van der Waals surface area contributed by atoms with Crippen LogP contribution in [0.15, 0.2) is 36.5 Å². The molecule has 25 heavy (non-hydrogen) atoms. The first-order chi connectivity index (χ1) is 12.1. The van der Waals surface area contributed by atoms with Gasteiger partial charge in [-0.15, -0.1) is 0 Å². The van der Waals surface area contributed by atoms with E-state index in [0.29, 0.717) is 33.5 Å². The van der Waals surface area contributed by atoms with Gasteiger partial charge in [0.25, 0.3) is 0 Å². The summed E-state index contributed by atoms with van der Waals surface area (Å²) >= 11 is 5.15. The summed E-state index contributed by atoms with van der Waals surface area (Å²) in [6, 6.07) is 8.75. The fourth-order valence-corrected chi connectivity index (χ4v) is 2.53. The molecular weight excluding hydrogens is 338 g/mol. The lowest BCUT2D eigenvalue weighted by atomic mass is 10.1. The smallest absolute Gasteiger partial charge is 0.180 e. The van der Waals surface area contributed by atoms with Gasteiger partial charge in [-0.1, -0.05) is 0 Å². The number of hydrogen-bond donors (Lipinski definition) is 3. The van der Waals surface area contributed by atoms with Crippen LogP contribution >= 0.6 is 12.2 Å². The van der Waals surface area contributed by atoms with Crippen molar-refractivity contribution in [3.63, 3.8) is 0 Å². The number of nitrogens with zero attached hydrogens (tertiary/aromatic N) is 3. The molecular formula is C17H17N5O2S. The number of fused-ring (bicyclic) bond motifs is 1. The van der Waals surface area contributed by atoms with Crippen LogP contribution < -0.4 is 15.4 Å². The molecule has 3 N–H and O–H groups in total. The number of ether oxygens (including phenoxy) is 1. The predicted octanol–water partition coefficient (Wildman–Crippen LogP) is 2.71. The van der Waals surface area contributed by atoms with E-state index in [1.54, 1.807) is 24.4 Å². The largest absolute Gasteiger partial charge is 0.504 e. The summed E-state index contributed by atoms with van der Waals surface area (Å²) in [7, 11) is 1.50. The number of nitrogens with one attached hydrogen (secondary N) is 2. The third-order valence-electron chi connectivity index (χ3n) is 3.46. The Morgan fingerprint density at radius 3 is 2.84 bits per heavy atom. The van der Waals surface area contributed by atoms with Crippen molar-refractivity contribution in [1.29, 1.82) is 0 Å². The fraction of sp³-hybridized carbons (Fsp3) is 0.176. The molecule has 0 aliphatic heterocycles. The Morgan fingerprint density at radius 1 is 1.24 bits per heavy atom. The molecule has 0 unspecified atom stereocenters. The predicted molar refractivity (Wildman–Crippen MR) is 101 cm³/mol. The topological polar surface area (TPSA) is 92.2 Å². The molecule has 1 aromatic carbocycles. The summed E-state index contributed by atoms with van der Waals surface area (Å²) in [5.74, 6) is 0.985. The Hall–Kier alpha value is -3.00. The lowest BCUT2D eigenvalue weighted by Crippen LogP contribution is -2.28. The van der Waals surface area contributed by atoms with Gasteiger partial charge in [0.2, 0.25) is 0 Å². The van der Waals surface area contributed by atoms with Crippen molar-refractivity contribution < 1.29 is 9.84 Å². The van der Waals surface area contributed by atoms with Gasteiger partial charge in [-0.05, 0) is 49.5 Å². The maximum absolute atomic E-state index is 9.72. The number of rotatable bonds is 4. The van der Waals surface area contributed by atoms with E-state index in [9.17, 15) is 5.11 Å². The summed E-state index contributed by atoms with van der Waals surface area (Å²) in [6.07, 6.45) is 1.61. The molecule has 128 valence electrons. The molecule has 2 aromatic heterocycles. The molecule has 0 radical (unpaired) electrons. The highest BCUT2D eigenvalue weighted by Gasteiger charge is 2.08. The first-order valence-electron chi connectivity index (χ1n) is 7.66. The van der Waals surface area contributed by atoms with Crippen LogP contribution in [0.2, 0.25) is 0 Å². The number of phenolic OH excluding ortho intramolecular Hbond substituents is 1. The average molecular weight is 355 g/mol. The summed E-state index contributed by atoms with van der Waals surface area (Å²) in [6.45, 7) is 2.68. The number of phenols is 1. The summed E-state index contributed by atoms with van der Waals surface area (Å²) in [5, 5.41) is 16.2. The number of pyridine rings is 1. The van der Waals surface area contributed by atoms with Crippen LogP contribution in [-0.4, -0.2) is 38.8 Å². The number of methoxy groups -OCH3 is 1. The number of aromatic nitrogens is 3. The molecule has 0 saturated heterocycles. The highest BCUT2D eigenvalue weighted by Crippen LogP contribution is 2.31. The van der Waals surface area contributed by atoms with Crippen molar-refractivity contribution in [2.24, 2.45) is 0 Å². The van der Waals surface area contributed by atoms with Gasteiger partial charge in [0.05, 0.1) is 19.0 Å². The first-order valence-corrected chi connectivity index (χ1v) is 8.07. The molecule has 0 aliphatic carbocycles. The van der Waals surface area contributed by atoms with E-state index >= 15 is 0 Å². The number of hydrogen-bond acceptors (Lipinski definition) is 6. The van der Waals surface area contributed by atoms with E-state index in [1.807, 2.05) is 19.1 Å². The highest BCUT2D eigenvalue weighted by molar-refractivity contribution is 7.80. The Bertz CT molecular complexity index is 932. The molecule has 0 bridgehead atoms. The van der Waals surface area contributed by atoms with Crippen LogP contribution in [0.3, 0.4) is 0 Å². The summed E-state index contributed by atoms with van der Waals surface area (Å²) in [5.41, 5.74) is 2.68. The van der Waals surface area contributed by atoms with Gasteiger partial charge in [0.15, 0.2) is 28.1 Å². The van der Waals surface area contributed by atoms with E-state index in [2.05, 4.69) is 25.6 Å². The normalized spacial score (nSPS) is 10.5. The fourth-order valence-electron chi connectivity index (χ4n) is 2.28. The minimum atomic E-state index is 0.0789. The van der Waals surface area contributed by atoms with Gasteiger partial charge < -0.3 is 20.5 Å². The molecule has 0 fully saturated rings. The Morgan fingerprint density at radius 2 is 2.08 bits per heavy atom.